The summed E-state index contributed by atoms with van der Waals surface area (Å²) in [5.74, 6) is 0.00201. The van der Waals surface area contributed by atoms with Crippen molar-refractivity contribution in [3.63, 3.8) is 0 Å². The lowest BCUT2D eigenvalue weighted by atomic mass is 10.1. The van der Waals surface area contributed by atoms with E-state index in [0.717, 1.165) is 17.7 Å². The van der Waals surface area contributed by atoms with Crippen LogP contribution in [0.4, 0.5) is 11.4 Å². The van der Waals surface area contributed by atoms with Crippen LogP contribution < -0.4 is 11.1 Å². The number of carbonyl (C=O) groups is 1. The van der Waals surface area contributed by atoms with Crippen LogP contribution in [0, 0.1) is 12.8 Å². The minimum Gasteiger partial charge on any atom is -0.398 e. The third-order valence-corrected chi connectivity index (χ3v) is 2.99. The maximum absolute atomic E-state index is 11.7. The summed E-state index contributed by atoms with van der Waals surface area (Å²) in [6.45, 7) is 5.76. The second-order valence-corrected chi connectivity index (χ2v) is 4.39. The highest BCUT2D eigenvalue weighted by Gasteiger charge is 2.12. The first-order valence-electron chi connectivity index (χ1n) is 5.32. The minimum atomic E-state index is -0.00396. The first-order valence-corrected chi connectivity index (χ1v) is 5.70. The maximum Gasteiger partial charge on any atom is 0.227 e. The van der Waals surface area contributed by atoms with Crippen molar-refractivity contribution in [2.75, 3.05) is 11.1 Å². The summed E-state index contributed by atoms with van der Waals surface area (Å²) in [5.41, 5.74) is 7.83. The van der Waals surface area contributed by atoms with E-state index >= 15 is 0 Å². The Morgan fingerprint density at radius 2 is 2.19 bits per heavy atom. The fourth-order valence-corrected chi connectivity index (χ4v) is 1.44. The first-order chi connectivity index (χ1) is 7.45. The van der Waals surface area contributed by atoms with Gasteiger partial charge in [-0.2, -0.15) is 0 Å². The number of amides is 1. The average molecular weight is 241 g/mol. The van der Waals surface area contributed by atoms with Crippen LogP contribution in [0.2, 0.25) is 5.02 Å². The van der Waals surface area contributed by atoms with Gasteiger partial charge in [-0.25, -0.2) is 0 Å². The fourth-order valence-electron chi connectivity index (χ4n) is 1.28. The van der Waals surface area contributed by atoms with Gasteiger partial charge in [-0.3, -0.25) is 4.79 Å². The number of halogens is 1. The number of nitrogens with one attached hydrogen (secondary N) is 1. The van der Waals surface area contributed by atoms with Gasteiger partial charge in [-0.05, 0) is 31.0 Å². The number of rotatable bonds is 3. The molecule has 1 aromatic rings. The van der Waals surface area contributed by atoms with E-state index in [2.05, 4.69) is 5.32 Å². The average Bonchev–Trinajstić information content (AvgIpc) is 2.24. The van der Waals surface area contributed by atoms with Gasteiger partial charge in [-0.15, -0.1) is 0 Å². The molecule has 0 radical (unpaired) electrons. The van der Waals surface area contributed by atoms with Gasteiger partial charge in [0.25, 0.3) is 0 Å². The van der Waals surface area contributed by atoms with Crippen molar-refractivity contribution in [1.82, 2.24) is 0 Å². The summed E-state index contributed by atoms with van der Waals surface area (Å²) in [6.07, 6.45) is 0.813. The normalized spacial score (nSPS) is 12.2. The SMILES string of the molecule is CCC(C)C(=O)Nc1cc(Cl)c(N)cc1C. The molecule has 0 aliphatic heterocycles. The van der Waals surface area contributed by atoms with E-state index in [0.29, 0.717) is 10.7 Å². The molecule has 0 aromatic heterocycles. The van der Waals surface area contributed by atoms with Crippen molar-refractivity contribution in [3.05, 3.63) is 22.7 Å². The molecule has 88 valence electrons. The van der Waals surface area contributed by atoms with Crippen molar-refractivity contribution in [2.24, 2.45) is 5.92 Å². The first kappa shape index (κ1) is 12.8. The Hall–Kier alpha value is -1.22. The summed E-state index contributed by atoms with van der Waals surface area (Å²) < 4.78 is 0. The van der Waals surface area contributed by atoms with Crippen LogP contribution >= 0.6 is 11.6 Å². The predicted molar refractivity (Wildman–Crippen MR) is 68.7 cm³/mol. The highest BCUT2D eigenvalue weighted by molar-refractivity contribution is 6.33. The van der Waals surface area contributed by atoms with Gasteiger partial charge in [-0.1, -0.05) is 25.4 Å². The lowest BCUT2D eigenvalue weighted by Gasteiger charge is -2.13. The molecular formula is C12H17ClN2O. The van der Waals surface area contributed by atoms with Gasteiger partial charge in [0.1, 0.15) is 0 Å². The Bertz CT molecular complexity index is 404. The monoisotopic (exact) mass is 240 g/mol. The summed E-state index contributed by atoms with van der Waals surface area (Å²) in [5, 5.41) is 3.31. The minimum absolute atomic E-state index is 0.00396. The third kappa shape index (κ3) is 2.89. The zero-order valence-corrected chi connectivity index (χ0v) is 10.6. The molecule has 3 N–H and O–H groups in total. The molecule has 0 bridgehead atoms. The van der Waals surface area contributed by atoms with Crippen molar-refractivity contribution >= 4 is 28.9 Å². The van der Waals surface area contributed by atoms with E-state index in [9.17, 15) is 4.79 Å². The van der Waals surface area contributed by atoms with Crippen LogP contribution in [0.1, 0.15) is 25.8 Å². The smallest absolute Gasteiger partial charge is 0.227 e. The lowest BCUT2D eigenvalue weighted by molar-refractivity contribution is -0.119. The van der Waals surface area contributed by atoms with Gasteiger partial charge in [0.15, 0.2) is 0 Å². The van der Waals surface area contributed by atoms with Crippen LogP contribution in [0.3, 0.4) is 0 Å². The molecule has 16 heavy (non-hydrogen) atoms. The number of nitrogen functional groups attached to an aromatic ring is 1. The molecule has 3 nitrogen and oxygen atoms in total. The molecule has 0 spiro atoms. The summed E-state index contributed by atoms with van der Waals surface area (Å²) in [4.78, 5) is 11.7. The number of hydrogen-bond donors (Lipinski definition) is 2. The van der Waals surface area contributed by atoms with Crippen LogP contribution in [-0.2, 0) is 4.79 Å². The molecule has 0 saturated carbocycles. The van der Waals surface area contributed by atoms with Crippen LogP contribution in [0.5, 0.6) is 0 Å². The van der Waals surface area contributed by atoms with Crippen molar-refractivity contribution in [1.29, 1.82) is 0 Å². The lowest BCUT2D eigenvalue weighted by Crippen LogP contribution is -2.20. The number of nitrogens with two attached hydrogens (primary N) is 1. The van der Waals surface area contributed by atoms with Gasteiger partial charge in [0, 0.05) is 11.6 Å². The van der Waals surface area contributed by atoms with Gasteiger partial charge >= 0.3 is 0 Å². The third-order valence-electron chi connectivity index (χ3n) is 2.66. The Kier molecular flexibility index (Phi) is 4.19. The molecule has 1 atom stereocenters. The summed E-state index contributed by atoms with van der Waals surface area (Å²) >= 11 is 5.91. The summed E-state index contributed by atoms with van der Waals surface area (Å²) in [7, 11) is 0. The number of aryl methyl sites for hydroxylation is 1. The maximum atomic E-state index is 11.7. The number of benzene rings is 1. The molecule has 0 fully saturated rings. The van der Waals surface area contributed by atoms with Crippen molar-refractivity contribution < 1.29 is 4.79 Å². The molecule has 0 heterocycles. The Labute approximate surface area is 101 Å². The molecular weight excluding hydrogens is 224 g/mol. The summed E-state index contributed by atoms with van der Waals surface area (Å²) in [6, 6.07) is 3.45. The van der Waals surface area contributed by atoms with E-state index in [1.807, 2.05) is 20.8 Å². The van der Waals surface area contributed by atoms with E-state index in [4.69, 9.17) is 17.3 Å². The zero-order chi connectivity index (χ0) is 12.3. The predicted octanol–water partition coefficient (Wildman–Crippen LogP) is 3.22. The highest BCUT2D eigenvalue weighted by atomic mass is 35.5. The molecule has 1 unspecified atom stereocenters. The molecule has 0 aliphatic carbocycles. The Morgan fingerprint density at radius 3 is 2.75 bits per heavy atom. The van der Waals surface area contributed by atoms with Crippen LogP contribution in [0.15, 0.2) is 12.1 Å². The van der Waals surface area contributed by atoms with Gasteiger partial charge in [0.2, 0.25) is 5.91 Å². The Morgan fingerprint density at radius 1 is 1.56 bits per heavy atom. The largest absolute Gasteiger partial charge is 0.398 e. The van der Waals surface area contributed by atoms with E-state index in [-0.39, 0.29) is 11.8 Å². The molecule has 0 saturated heterocycles. The molecule has 0 aliphatic rings. The number of hydrogen-bond acceptors (Lipinski definition) is 2. The van der Waals surface area contributed by atoms with E-state index in [1.54, 1.807) is 12.1 Å². The topological polar surface area (TPSA) is 55.1 Å². The van der Waals surface area contributed by atoms with Gasteiger partial charge in [0.05, 0.1) is 10.7 Å². The molecule has 1 aromatic carbocycles. The molecule has 4 heteroatoms. The van der Waals surface area contributed by atoms with E-state index < -0.39 is 0 Å². The standard InChI is InChI=1S/C12H17ClN2O/c1-4-7(2)12(16)15-11-6-9(13)10(14)5-8(11)3/h5-7H,4,14H2,1-3H3,(H,15,16). The number of carbonyl (C=O) groups excluding carboxylic acids is 1. The van der Waals surface area contributed by atoms with Crippen molar-refractivity contribution in [2.45, 2.75) is 27.2 Å². The van der Waals surface area contributed by atoms with Crippen LogP contribution in [-0.4, -0.2) is 5.91 Å². The second kappa shape index (κ2) is 5.21. The molecule has 1 rings (SSSR count). The Balaban J connectivity index is 2.90. The van der Waals surface area contributed by atoms with E-state index in [1.165, 1.54) is 0 Å². The van der Waals surface area contributed by atoms with Crippen molar-refractivity contribution in [3.8, 4) is 0 Å². The number of anilines is 2. The fraction of sp³-hybridized carbons (Fsp3) is 0.417. The molecule has 1 amide bonds. The van der Waals surface area contributed by atoms with Gasteiger partial charge < -0.3 is 11.1 Å². The quantitative estimate of drug-likeness (QED) is 0.797. The van der Waals surface area contributed by atoms with Crippen LogP contribution in [0.25, 0.3) is 0 Å². The highest BCUT2D eigenvalue weighted by Crippen LogP contribution is 2.27. The zero-order valence-electron chi connectivity index (χ0n) is 9.80. The second-order valence-electron chi connectivity index (χ2n) is 3.99.